The van der Waals surface area contributed by atoms with Gasteiger partial charge in [-0.25, -0.2) is 0 Å². The third-order valence-corrected chi connectivity index (χ3v) is 2.56. The maximum Gasteiger partial charge on any atom is 0.180 e. The number of halogens is 1. The van der Waals surface area contributed by atoms with Crippen molar-refractivity contribution in [1.29, 1.82) is 0 Å². The summed E-state index contributed by atoms with van der Waals surface area (Å²) in [4.78, 5) is 0. The Labute approximate surface area is 88.5 Å². The van der Waals surface area contributed by atoms with Crippen molar-refractivity contribution in [1.82, 2.24) is 5.32 Å². The van der Waals surface area contributed by atoms with Crippen LogP contribution in [0.3, 0.4) is 0 Å². The zero-order valence-corrected chi connectivity index (χ0v) is 8.71. The van der Waals surface area contributed by atoms with E-state index in [-0.39, 0.29) is 12.1 Å². The first-order valence-electron chi connectivity index (χ1n) is 4.54. The average Bonchev–Trinajstić information content (AvgIpc) is 2.47. The van der Waals surface area contributed by atoms with Gasteiger partial charge in [0.15, 0.2) is 5.88 Å². The second-order valence-corrected chi connectivity index (χ2v) is 3.88. The Hall–Kier alpha value is -1.15. The molecule has 2 unspecified atom stereocenters. The molecule has 0 aromatic heterocycles. The van der Waals surface area contributed by atoms with Crippen LogP contribution in [0.4, 0.5) is 0 Å². The third kappa shape index (κ3) is 1.70. The summed E-state index contributed by atoms with van der Waals surface area (Å²) in [6.07, 6.45) is 0.0415. The lowest BCUT2D eigenvalue weighted by molar-refractivity contribution is 0.155. The van der Waals surface area contributed by atoms with Gasteiger partial charge in [-0.15, -0.1) is 0 Å². The first kappa shape index (κ1) is 9.41. The Morgan fingerprint density at radius 3 is 2.50 bits per heavy atom. The lowest BCUT2D eigenvalue weighted by Crippen LogP contribution is -2.20. The van der Waals surface area contributed by atoms with E-state index >= 15 is 0 Å². The van der Waals surface area contributed by atoms with E-state index in [4.69, 9.17) is 16.3 Å². The van der Waals surface area contributed by atoms with E-state index in [9.17, 15) is 0 Å². The summed E-state index contributed by atoms with van der Waals surface area (Å²) in [5.41, 5.74) is 1.12. The zero-order valence-electron chi connectivity index (χ0n) is 7.96. The second-order valence-electron chi connectivity index (χ2n) is 3.45. The summed E-state index contributed by atoms with van der Waals surface area (Å²) in [5.74, 6) is 0.637. The number of hydrogen-bond acceptors (Lipinski definition) is 2. The van der Waals surface area contributed by atoms with Gasteiger partial charge in [0.1, 0.15) is 6.10 Å². The Kier molecular flexibility index (Phi) is 2.38. The summed E-state index contributed by atoms with van der Waals surface area (Å²) in [6.45, 7) is 5.81. The van der Waals surface area contributed by atoms with Crippen molar-refractivity contribution in [2.75, 3.05) is 0 Å². The molecule has 0 radical (unpaired) electrons. The van der Waals surface area contributed by atoms with Gasteiger partial charge in [0.2, 0.25) is 0 Å². The van der Waals surface area contributed by atoms with Gasteiger partial charge in [-0.1, -0.05) is 23.7 Å². The molecule has 3 heteroatoms. The summed E-state index contributed by atoms with van der Waals surface area (Å²) < 4.78 is 5.55. The number of rotatable bonds is 1. The molecule has 1 aliphatic rings. The summed E-state index contributed by atoms with van der Waals surface area (Å²) in [7, 11) is 0. The second kappa shape index (κ2) is 3.54. The van der Waals surface area contributed by atoms with Crippen molar-refractivity contribution in [2.24, 2.45) is 0 Å². The molecule has 1 saturated heterocycles. The van der Waals surface area contributed by atoms with Crippen LogP contribution in [0.15, 0.2) is 36.7 Å². The molecule has 1 fully saturated rings. The average molecular weight is 210 g/mol. The van der Waals surface area contributed by atoms with Crippen LogP contribution in [0.2, 0.25) is 5.02 Å². The molecule has 1 aliphatic heterocycles. The number of ether oxygens (including phenoxy) is 1. The van der Waals surface area contributed by atoms with Gasteiger partial charge in [-0.05, 0) is 31.2 Å². The molecule has 0 bridgehead atoms. The zero-order chi connectivity index (χ0) is 10.1. The first-order chi connectivity index (χ1) is 6.66. The van der Waals surface area contributed by atoms with Crippen molar-refractivity contribution in [3.8, 4) is 0 Å². The Morgan fingerprint density at radius 1 is 1.36 bits per heavy atom. The third-order valence-electron chi connectivity index (χ3n) is 2.31. The van der Waals surface area contributed by atoms with Crippen molar-refractivity contribution in [3.05, 3.63) is 47.3 Å². The minimum Gasteiger partial charge on any atom is -0.470 e. The van der Waals surface area contributed by atoms with Gasteiger partial charge >= 0.3 is 0 Å². The molecule has 1 aromatic carbocycles. The quantitative estimate of drug-likeness (QED) is 0.768. The van der Waals surface area contributed by atoms with E-state index in [0.717, 1.165) is 10.6 Å². The summed E-state index contributed by atoms with van der Waals surface area (Å²) in [5, 5.41) is 3.87. The fourth-order valence-corrected chi connectivity index (χ4v) is 1.75. The number of nitrogens with one attached hydrogen (secondary N) is 1. The molecule has 0 saturated carbocycles. The molecular formula is C11H12ClNO. The van der Waals surface area contributed by atoms with Crippen LogP contribution in [-0.2, 0) is 4.74 Å². The number of hydrogen-bond donors (Lipinski definition) is 1. The molecule has 0 spiro atoms. The maximum absolute atomic E-state index is 5.81. The highest BCUT2D eigenvalue weighted by atomic mass is 35.5. The van der Waals surface area contributed by atoms with Gasteiger partial charge in [-0.3, -0.25) is 0 Å². The Balaban J connectivity index is 2.23. The molecule has 1 N–H and O–H groups in total. The lowest BCUT2D eigenvalue weighted by Gasteiger charge is -2.13. The van der Waals surface area contributed by atoms with Crippen LogP contribution in [0.25, 0.3) is 0 Å². The normalized spacial score (nSPS) is 25.7. The SMILES string of the molecule is C=C1NC(C)C(c2ccc(Cl)cc2)O1. The Morgan fingerprint density at radius 2 is 2.00 bits per heavy atom. The van der Waals surface area contributed by atoms with Crippen LogP contribution in [0.5, 0.6) is 0 Å². The summed E-state index contributed by atoms with van der Waals surface area (Å²) >= 11 is 5.81. The molecule has 2 rings (SSSR count). The molecule has 14 heavy (non-hydrogen) atoms. The van der Waals surface area contributed by atoms with E-state index in [1.165, 1.54) is 0 Å². The highest BCUT2D eigenvalue weighted by Gasteiger charge is 2.28. The van der Waals surface area contributed by atoms with Crippen LogP contribution in [-0.4, -0.2) is 6.04 Å². The van der Waals surface area contributed by atoms with Gasteiger partial charge in [0, 0.05) is 5.02 Å². The maximum atomic E-state index is 5.81. The molecule has 2 atom stereocenters. The predicted molar refractivity (Wildman–Crippen MR) is 57.0 cm³/mol. The van der Waals surface area contributed by atoms with Crippen molar-refractivity contribution in [3.63, 3.8) is 0 Å². The fraction of sp³-hybridized carbons (Fsp3) is 0.273. The van der Waals surface area contributed by atoms with Crippen LogP contribution in [0, 0.1) is 0 Å². The van der Waals surface area contributed by atoms with Gasteiger partial charge in [0.05, 0.1) is 6.04 Å². The van der Waals surface area contributed by atoms with Crippen LogP contribution in [0.1, 0.15) is 18.6 Å². The fourth-order valence-electron chi connectivity index (χ4n) is 1.63. The van der Waals surface area contributed by atoms with E-state index in [2.05, 4.69) is 18.8 Å². The molecule has 1 heterocycles. The Bertz CT molecular complexity index is 347. The molecule has 74 valence electrons. The minimum absolute atomic E-state index is 0.0415. The van der Waals surface area contributed by atoms with Gasteiger partial charge < -0.3 is 10.1 Å². The topological polar surface area (TPSA) is 21.3 Å². The molecule has 0 amide bonds. The predicted octanol–water partition coefficient (Wildman–Crippen LogP) is 2.86. The first-order valence-corrected chi connectivity index (χ1v) is 4.92. The highest BCUT2D eigenvalue weighted by molar-refractivity contribution is 6.30. The van der Waals surface area contributed by atoms with Crippen molar-refractivity contribution >= 4 is 11.6 Å². The largest absolute Gasteiger partial charge is 0.470 e. The molecule has 0 aliphatic carbocycles. The van der Waals surface area contributed by atoms with Gasteiger partial charge in [-0.2, -0.15) is 0 Å². The van der Waals surface area contributed by atoms with E-state index in [1.54, 1.807) is 0 Å². The minimum atomic E-state index is 0.0415. The van der Waals surface area contributed by atoms with E-state index in [0.29, 0.717) is 5.88 Å². The standard InChI is InChI=1S/C11H12ClNO/c1-7-11(14-8(2)13-7)9-3-5-10(12)6-4-9/h3-7,11,13H,2H2,1H3. The molecular weight excluding hydrogens is 198 g/mol. The van der Waals surface area contributed by atoms with Crippen molar-refractivity contribution in [2.45, 2.75) is 19.1 Å². The van der Waals surface area contributed by atoms with E-state index in [1.807, 2.05) is 24.3 Å². The lowest BCUT2D eigenvalue weighted by atomic mass is 10.0. The number of benzene rings is 1. The van der Waals surface area contributed by atoms with Crippen molar-refractivity contribution < 1.29 is 4.74 Å². The molecule has 2 nitrogen and oxygen atoms in total. The highest BCUT2D eigenvalue weighted by Crippen LogP contribution is 2.29. The van der Waals surface area contributed by atoms with Crippen LogP contribution < -0.4 is 5.32 Å². The van der Waals surface area contributed by atoms with E-state index < -0.39 is 0 Å². The molecule has 1 aromatic rings. The van der Waals surface area contributed by atoms with Crippen LogP contribution >= 0.6 is 11.6 Å². The smallest absolute Gasteiger partial charge is 0.180 e. The van der Waals surface area contributed by atoms with Gasteiger partial charge in [0.25, 0.3) is 0 Å². The monoisotopic (exact) mass is 209 g/mol. The summed E-state index contributed by atoms with van der Waals surface area (Å²) in [6, 6.07) is 7.94.